The third kappa shape index (κ3) is 6.23. The Kier molecular flexibility index (Phi) is 8.14. The number of aryl methyl sites for hydroxylation is 1. The van der Waals surface area contributed by atoms with Crippen LogP contribution >= 0.6 is 0 Å². The third-order valence-corrected chi connectivity index (χ3v) is 5.14. The first kappa shape index (κ1) is 21.7. The van der Waals surface area contributed by atoms with Crippen molar-refractivity contribution >= 4 is 5.96 Å². The highest BCUT2D eigenvalue weighted by atomic mass is 15.3. The summed E-state index contributed by atoms with van der Waals surface area (Å²) in [5.74, 6) is 2.13. The Morgan fingerprint density at radius 3 is 2.74 bits per heavy atom. The molecular formula is C21H40N6. The molecule has 0 spiro atoms. The van der Waals surface area contributed by atoms with Crippen LogP contribution in [0.25, 0.3) is 0 Å². The van der Waals surface area contributed by atoms with E-state index in [2.05, 4.69) is 68.1 Å². The van der Waals surface area contributed by atoms with Crippen molar-refractivity contribution in [3.05, 3.63) is 17.5 Å². The summed E-state index contributed by atoms with van der Waals surface area (Å²) in [5.41, 5.74) is 2.46. The minimum atomic E-state index is 0.428. The molecule has 6 nitrogen and oxygen atoms in total. The van der Waals surface area contributed by atoms with E-state index >= 15 is 0 Å². The molecule has 1 saturated heterocycles. The molecule has 1 N–H and O–H groups in total. The van der Waals surface area contributed by atoms with Gasteiger partial charge >= 0.3 is 0 Å². The Balaban J connectivity index is 2.06. The fraction of sp³-hybridized carbons (Fsp3) is 0.810. The molecule has 154 valence electrons. The molecule has 2 rings (SSSR count). The fourth-order valence-corrected chi connectivity index (χ4v) is 3.97. The maximum Gasteiger partial charge on any atom is 0.194 e. The first-order valence-electron chi connectivity index (χ1n) is 10.6. The van der Waals surface area contributed by atoms with E-state index in [4.69, 9.17) is 4.99 Å². The van der Waals surface area contributed by atoms with Crippen LogP contribution in [0, 0.1) is 5.92 Å². The maximum absolute atomic E-state index is 4.99. The predicted octanol–water partition coefficient (Wildman–Crippen LogP) is 3.06. The van der Waals surface area contributed by atoms with Crippen LogP contribution in [0.4, 0.5) is 0 Å². The topological polar surface area (TPSA) is 48.7 Å². The van der Waals surface area contributed by atoms with Crippen LogP contribution in [0.1, 0.15) is 64.6 Å². The van der Waals surface area contributed by atoms with Crippen LogP contribution in [0.15, 0.2) is 11.2 Å². The Bertz CT molecular complexity index is 604. The van der Waals surface area contributed by atoms with E-state index in [1.165, 1.54) is 37.2 Å². The average Bonchev–Trinajstić information content (AvgIpc) is 3.17. The highest BCUT2D eigenvalue weighted by molar-refractivity contribution is 5.79. The molecule has 1 aromatic rings. The summed E-state index contributed by atoms with van der Waals surface area (Å²) >= 11 is 0. The van der Waals surface area contributed by atoms with Crippen molar-refractivity contribution in [3.8, 4) is 0 Å². The van der Waals surface area contributed by atoms with Gasteiger partial charge in [0, 0.05) is 51.5 Å². The van der Waals surface area contributed by atoms with Gasteiger partial charge in [-0.2, -0.15) is 5.10 Å². The molecule has 27 heavy (non-hydrogen) atoms. The summed E-state index contributed by atoms with van der Waals surface area (Å²) in [4.78, 5) is 9.84. The average molecular weight is 377 g/mol. The maximum atomic E-state index is 4.99. The zero-order valence-electron chi connectivity index (χ0n) is 18.5. The standard InChI is InChI=1S/C21H40N6/c1-8-22-21(23-12-19-10-9-11-27(19)13-16(2)3)25(6)14-18-15-26(7)24-20(18)17(4)5/h15-17,19H,8-14H2,1-7H3,(H,22,23)/t19-/m1/s1. The molecule has 0 saturated carbocycles. The number of rotatable bonds is 8. The molecule has 0 unspecified atom stereocenters. The first-order valence-corrected chi connectivity index (χ1v) is 10.6. The molecule has 1 atom stereocenters. The summed E-state index contributed by atoms with van der Waals surface area (Å²) in [6.07, 6.45) is 4.70. The number of aliphatic imine (C=N–C) groups is 1. The summed E-state index contributed by atoms with van der Waals surface area (Å²) < 4.78 is 1.92. The van der Waals surface area contributed by atoms with Crippen LogP contribution in [0.5, 0.6) is 0 Å². The molecule has 1 aromatic heterocycles. The second kappa shape index (κ2) is 10.1. The van der Waals surface area contributed by atoms with E-state index < -0.39 is 0 Å². The zero-order valence-corrected chi connectivity index (χ0v) is 18.5. The van der Waals surface area contributed by atoms with E-state index in [-0.39, 0.29) is 0 Å². The largest absolute Gasteiger partial charge is 0.357 e. The van der Waals surface area contributed by atoms with Crippen molar-refractivity contribution in [2.75, 3.05) is 33.2 Å². The minimum Gasteiger partial charge on any atom is -0.357 e. The van der Waals surface area contributed by atoms with Gasteiger partial charge in [0.15, 0.2) is 5.96 Å². The Morgan fingerprint density at radius 1 is 1.37 bits per heavy atom. The lowest BCUT2D eigenvalue weighted by Gasteiger charge is -2.26. The fourth-order valence-electron chi connectivity index (χ4n) is 3.97. The SMILES string of the molecule is CCNC(=NC[C@H]1CCCN1CC(C)C)N(C)Cc1cn(C)nc1C(C)C. The Hall–Kier alpha value is -1.56. The van der Waals surface area contributed by atoms with Crippen LogP contribution < -0.4 is 5.32 Å². The monoisotopic (exact) mass is 376 g/mol. The predicted molar refractivity (Wildman–Crippen MR) is 114 cm³/mol. The minimum absolute atomic E-state index is 0.428. The van der Waals surface area contributed by atoms with Gasteiger partial charge in [-0.25, -0.2) is 0 Å². The normalized spacial score (nSPS) is 18.7. The van der Waals surface area contributed by atoms with Crippen molar-refractivity contribution in [3.63, 3.8) is 0 Å². The van der Waals surface area contributed by atoms with E-state index in [1.54, 1.807) is 0 Å². The Labute approximate surface area is 166 Å². The van der Waals surface area contributed by atoms with E-state index in [9.17, 15) is 0 Å². The molecule has 1 aliphatic rings. The van der Waals surface area contributed by atoms with Gasteiger partial charge in [0.1, 0.15) is 0 Å². The van der Waals surface area contributed by atoms with Gasteiger partial charge in [-0.1, -0.05) is 27.7 Å². The molecular weight excluding hydrogens is 336 g/mol. The molecule has 6 heteroatoms. The van der Waals surface area contributed by atoms with E-state index in [0.717, 1.165) is 25.6 Å². The van der Waals surface area contributed by atoms with Gasteiger partial charge in [0.2, 0.25) is 0 Å². The number of hydrogen-bond donors (Lipinski definition) is 1. The molecule has 0 amide bonds. The molecule has 0 aromatic carbocycles. The van der Waals surface area contributed by atoms with Crippen molar-refractivity contribution < 1.29 is 0 Å². The molecule has 0 bridgehead atoms. The first-order chi connectivity index (χ1) is 12.8. The van der Waals surface area contributed by atoms with Gasteiger partial charge in [0.25, 0.3) is 0 Å². The summed E-state index contributed by atoms with van der Waals surface area (Å²) in [6.45, 7) is 16.1. The summed E-state index contributed by atoms with van der Waals surface area (Å²) in [7, 11) is 4.12. The molecule has 1 aliphatic heterocycles. The second-order valence-electron chi connectivity index (χ2n) is 8.60. The molecule has 2 heterocycles. The lowest BCUT2D eigenvalue weighted by Crippen LogP contribution is -2.40. The number of guanidine groups is 1. The highest BCUT2D eigenvalue weighted by Crippen LogP contribution is 2.20. The highest BCUT2D eigenvalue weighted by Gasteiger charge is 2.25. The van der Waals surface area contributed by atoms with Crippen molar-refractivity contribution in [1.29, 1.82) is 0 Å². The molecule has 0 radical (unpaired) electrons. The third-order valence-electron chi connectivity index (χ3n) is 5.14. The van der Waals surface area contributed by atoms with E-state index in [0.29, 0.717) is 17.9 Å². The smallest absolute Gasteiger partial charge is 0.194 e. The number of nitrogens with one attached hydrogen (secondary N) is 1. The van der Waals surface area contributed by atoms with Crippen molar-refractivity contribution in [2.45, 2.75) is 66.0 Å². The number of likely N-dealkylation sites (tertiary alicyclic amines) is 1. The van der Waals surface area contributed by atoms with E-state index in [1.807, 2.05) is 11.7 Å². The van der Waals surface area contributed by atoms with Gasteiger partial charge in [0.05, 0.1) is 12.2 Å². The van der Waals surface area contributed by atoms with Crippen molar-refractivity contribution in [1.82, 2.24) is 24.9 Å². The quantitative estimate of drug-likeness (QED) is 0.560. The van der Waals surface area contributed by atoms with Crippen LogP contribution in [-0.2, 0) is 13.6 Å². The van der Waals surface area contributed by atoms with Gasteiger partial charge in [-0.3, -0.25) is 14.6 Å². The van der Waals surface area contributed by atoms with Crippen molar-refractivity contribution in [2.24, 2.45) is 18.0 Å². The summed E-state index contributed by atoms with van der Waals surface area (Å²) in [5, 5.41) is 8.11. The second-order valence-corrected chi connectivity index (χ2v) is 8.60. The molecule has 1 fully saturated rings. The van der Waals surface area contributed by atoms with Gasteiger partial charge in [-0.15, -0.1) is 0 Å². The Morgan fingerprint density at radius 2 is 2.11 bits per heavy atom. The number of aromatic nitrogens is 2. The van der Waals surface area contributed by atoms with Gasteiger partial charge in [-0.05, 0) is 38.1 Å². The van der Waals surface area contributed by atoms with Crippen LogP contribution in [0.3, 0.4) is 0 Å². The summed E-state index contributed by atoms with van der Waals surface area (Å²) in [6, 6.07) is 0.582. The lowest BCUT2D eigenvalue weighted by molar-refractivity contribution is 0.230. The number of nitrogens with zero attached hydrogens (tertiary/aromatic N) is 5. The lowest BCUT2D eigenvalue weighted by atomic mass is 10.1. The van der Waals surface area contributed by atoms with Gasteiger partial charge < -0.3 is 10.2 Å². The molecule has 0 aliphatic carbocycles. The van der Waals surface area contributed by atoms with Crippen LogP contribution in [-0.4, -0.2) is 64.8 Å². The number of hydrogen-bond acceptors (Lipinski definition) is 3. The zero-order chi connectivity index (χ0) is 20.0. The van der Waals surface area contributed by atoms with Crippen LogP contribution in [0.2, 0.25) is 0 Å².